The van der Waals surface area contributed by atoms with E-state index >= 15 is 0 Å². The number of H-pyrrole nitrogens is 1. The molecule has 0 aliphatic heterocycles. The van der Waals surface area contributed by atoms with Gasteiger partial charge in [-0.05, 0) is 35.9 Å². The molecule has 1 aromatic carbocycles. The number of ether oxygens (including phenoxy) is 1. The summed E-state index contributed by atoms with van der Waals surface area (Å²) in [5, 5.41) is 27.4. The second-order valence-corrected chi connectivity index (χ2v) is 5.93. The molecular formula is C15H16N4O5S. The van der Waals surface area contributed by atoms with Gasteiger partial charge in [-0.2, -0.15) is 0 Å². The summed E-state index contributed by atoms with van der Waals surface area (Å²) in [5.41, 5.74) is 0.121. The Morgan fingerprint density at radius 1 is 1.52 bits per heavy atom. The minimum atomic E-state index is -1.18. The number of aryl methyl sites for hydroxylation is 1. The number of carboxylic acid groups (broad SMARTS) is 1. The van der Waals surface area contributed by atoms with Crippen LogP contribution in [0.5, 0.6) is 5.75 Å². The average molecular weight is 364 g/mol. The van der Waals surface area contributed by atoms with E-state index in [1.54, 1.807) is 0 Å². The number of aromatic amines is 1. The van der Waals surface area contributed by atoms with E-state index in [2.05, 4.69) is 15.2 Å². The number of aliphatic carboxylic acids is 1. The van der Waals surface area contributed by atoms with Gasteiger partial charge in [0.25, 0.3) is 0 Å². The zero-order valence-electron chi connectivity index (χ0n) is 13.6. The third-order valence-electron chi connectivity index (χ3n) is 3.11. The van der Waals surface area contributed by atoms with Crippen LogP contribution in [0.25, 0.3) is 6.08 Å². The number of nitro groups is 1. The van der Waals surface area contributed by atoms with E-state index in [1.807, 2.05) is 6.92 Å². The van der Waals surface area contributed by atoms with Crippen LogP contribution in [-0.2, 0) is 11.2 Å². The lowest BCUT2D eigenvalue weighted by atomic mass is 10.1. The fourth-order valence-electron chi connectivity index (χ4n) is 2.00. The highest BCUT2D eigenvalue weighted by Crippen LogP contribution is 2.31. The zero-order chi connectivity index (χ0) is 18.4. The van der Waals surface area contributed by atoms with Crippen molar-refractivity contribution in [3.05, 3.63) is 44.6 Å². The number of hydrogen-bond donors (Lipinski definition) is 2. The Labute approximate surface area is 147 Å². The molecule has 2 N–H and O–H groups in total. The average Bonchev–Trinajstić information content (AvgIpc) is 3.01. The second kappa shape index (κ2) is 8.29. The third kappa shape index (κ3) is 4.80. The van der Waals surface area contributed by atoms with Gasteiger partial charge in [0.1, 0.15) is 10.7 Å². The largest absolute Gasteiger partial charge is 0.490 e. The van der Waals surface area contributed by atoms with Crippen LogP contribution in [0.3, 0.4) is 0 Å². The Morgan fingerprint density at radius 3 is 2.88 bits per heavy atom. The monoisotopic (exact) mass is 364 g/mol. The number of aromatic nitrogens is 3. The molecule has 0 saturated heterocycles. The van der Waals surface area contributed by atoms with Gasteiger partial charge >= 0.3 is 11.7 Å². The van der Waals surface area contributed by atoms with Gasteiger partial charge in [0.05, 0.1) is 12.0 Å². The summed E-state index contributed by atoms with van der Waals surface area (Å²) in [5.74, 6) is -0.398. The lowest BCUT2D eigenvalue weighted by Crippen LogP contribution is -1.98. The number of rotatable bonds is 8. The standard InChI is InChI=1S/C15H16N4O5S/c1-3-4-13-16-15(18-17-13)25-12(14(20)21)8-9-5-6-11(24-2)10(7-9)19(22)23/h5-8H,3-4H2,1-2H3,(H,20,21)(H,16,17,18)/b12-8-. The van der Waals surface area contributed by atoms with E-state index in [4.69, 9.17) is 4.74 Å². The number of nitrogens with zero attached hydrogens (tertiary/aromatic N) is 3. The van der Waals surface area contributed by atoms with Crippen molar-refractivity contribution >= 4 is 29.5 Å². The lowest BCUT2D eigenvalue weighted by Gasteiger charge is -2.03. The molecular weight excluding hydrogens is 348 g/mol. The first-order chi connectivity index (χ1) is 11.9. The zero-order valence-corrected chi connectivity index (χ0v) is 14.4. The summed E-state index contributed by atoms with van der Waals surface area (Å²) in [4.78, 5) is 26.1. The molecule has 0 bridgehead atoms. The molecule has 0 aliphatic rings. The quantitative estimate of drug-likeness (QED) is 0.316. The summed E-state index contributed by atoms with van der Waals surface area (Å²) in [6.45, 7) is 1.99. The van der Waals surface area contributed by atoms with Crippen LogP contribution in [0.1, 0.15) is 24.7 Å². The fraction of sp³-hybridized carbons (Fsp3) is 0.267. The number of carboxylic acids is 1. The Hall–Kier alpha value is -2.88. The van der Waals surface area contributed by atoms with Gasteiger partial charge in [0.15, 0.2) is 5.75 Å². The maximum absolute atomic E-state index is 11.5. The molecule has 1 heterocycles. The van der Waals surface area contributed by atoms with Crippen molar-refractivity contribution in [3.8, 4) is 5.75 Å². The van der Waals surface area contributed by atoms with Crippen LogP contribution < -0.4 is 4.74 Å². The van der Waals surface area contributed by atoms with E-state index in [1.165, 1.54) is 31.4 Å². The van der Waals surface area contributed by atoms with E-state index < -0.39 is 10.9 Å². The topological polar surface area (TPSA) is 131 Å². The first kappa shape index (κ1) is 18.5. The van der Waals surface area contributed by atoms with Gasteiger partial charge in [-0.25, -0.2) is 9.78 Å². The van der Waals surface area contributed by atoms with Crippen LogP contribution in [0.4, 0.5) is 5.69 Å². The number of hydrogen-bond acceptors (Lipinski definition) is 7. The van der Waals surface area contributed by atoms with Gasteiger partial charge in [0, 0.05) is 12.5 Å². The van der Waals surface area contributed by atoms with Gasteiger partial charge in [-0.3, -0.25) is 15.2 Å². The fourth-order valence-corrected chi connectivity index (χ4v) is 2.72. The summed E-state index contributed by atoms with van der Waals surface area (Å²) in [6.07, 6.45) is 2.93. The van der Waals surface area contributed by atoms with E-state index in [0.717, 1.165) is 18.2 Å². The Morgan fingerprint density at radius 2 is 2.28 bits per heavy atom. The Bertz CT molecular complexity index is 818. The molecule has 1 aromatic heterocycles. The summed E-state index contributed by atoms with van der Waals surface area (Å²) < 4.78 is 4.93. The van der Waals surface area contributed by atoms with Gasteiger partial charge in [0.2, 0.25) is 5.16 Å². The predicted molar refractivity (Wildman–Crippen MR) is 91.5 cm³/mol. The number of nitrogens with one attached hydrogen (secondary N) is 1. The van der Waals surface area contributed by atoms with E-state index in [0.29, 0.717) is 17.8 Å². The summed E-state index contributed by atoms with van der Waals surface area (Å²) >= 11 is 0.870. The number of benzene rings is 1. The molecule has 9 nitrogen and oxygen atoms in total. The highest BCUT2D eigenvalue weighted by molar-refractivity contribution is 8.04. The highest BCUT2D eigenvalue weighted by Gasteiger charge is 2.17. The van der Waals surface area contributed by atoms with Crippen LogP contribution in [0, 0.1) is 10.1 Å². The van der Waals surface area contributed by atoms with Crippen molar-refractivity contribution in [1.82, 2.24) is 15.2 Å². The molecule has 0 aliphatic carbocycles. The molecule has 0 spiro atoms. The molecule has 2 rings (SSSR count). The minimum absolute atomic E-state index is 0.0542. The summed E-state index contributed by atoms with van der Waals surface area (Å²) in [7, 11) is 1.33. The Kier molecular flexibility index (Phi) is 6.12. The van der Waals surface area contributed by atoms with Crippen molar-refractivity contribution in [1.29, 1.82) is 0 Å². The first-order valence-corrected chi connectivity index (χ1v) is 8.12. The molecule has 0 radical (unpaired) electrons. The van der Waals surface area contributed by atoms with Crippen molar-refractivity contribution in [3.63, 3.8) is 0 Å². The smallest absolute Gasteiger partial charge is 0.342 e. The van der Waals surface area contributed by atoms with E-state index in [9.17, 15) is 20.0 Å². The molecule has 2 aromatic rings. The second-order valence-electron chi connectivity index (χ2n) is 4.92. The molecule has 25 heavy (non-hydrogen) atoms. The van der Waals surface area contributed by atoms with Crippen LogP contribution in [0.2, 0.25) is 0 Å². The number of methoxy groups -OCH3 is 1. The minimum Gasteiger partial charge on any atom is -0.490 e. The van der Waals surface area contributed by atoms with Crippen LogP contribution in [0.15, 0.2) is 28.3 Å². The van der Waals surface area contributed by atoms with Gasteiger partial charge in [-0.15, -0.1) is 5.10 Å². The number of thioether (sulfide) groups is 1. The highest BCUT2D eigenvalue weighted by atomic mass is 32.2. The number of carbonyl (C=O) groups is 1. The van der Waals surface area contributed by atoms with E-state index in [-0.39, 0.29) is 21.5 Å². The predicted octanol–water partition coefficient (Wildman–Crippen LogP) is 2.89. The molecule has 0 atom stereocenters. The van der Waals surface area contributed by atoms with Crippen LogP contribution >= 0.6 is 11.8 Å². The third-order valence-corrected chi connectivity index (χ3v) is 3.98. The summed E-state index contributed by atoms with van der Waals surface area (Å²) in [6, 6.07) is 4.21. The molecule has 0 unspecified atom stereocenters. The van der Waals surface area contributed by atoms with Gasteiger partial charge in [-0.1, -0.05) is 13.0 Å². The normalized spacial score (nSPS) is 11.4. The molecule has 132 valence electrons. The SMILES string of the molecule is CCCc1nc(S/C(=C\c2ccc(OC)c([N+](=O)[O-])c2)C(=O)O)n[nH]1. The molecule has 0 saturated carbocycles. The Balaban J connectivity index is 2.31. The molecule has 0 fully saturated rings. The van der Waals surface area contributed by atoms with Crippen molar-refractivity contribution in [2.45, 2.75) is 24.9 Å². The molecule has 0 amide bonds. The van der Waals surface area contributed by atoms with Crippen LogP contribution in [-0.4, -0.2) is 38.3 Å². The van der Waals surface area contributed by atoms with Crippen molar-refractivity contribution in [2.75, 3.05) is 7.11 Å². The maximum atomic E-state index is 11.5. The molecule has 10 heteroatoms. The first-order valence-electron chi connectivity index (χ1n) is 7.31. The lowest BCUT2D eigenvalue weighted by molar-refractivity contribution is -0.385. The van der Waals surface area contributed by atoms with Gasteiger partial charge < -0.3 is 9.84 Å². The number of nitro benzene ring substituents is 1. The van der Waals surface area contributed by atoms with Crippen molar-refractivity contribution < 1.29 is 19.6 Å². The van der Waals surface area contributed by atoms with Crippen molar-refractivity contribution in [2.24, 2.45) is 0 Å². The maximum Gasteiger partial charge on any atom is 0.342 e.